The fourth-order valence-electron chi connectivity index (χ4n) is 2.73. The summed E-state index contributed by atoms with van der Waals surface area (Å²) in [6.07, 6.45) is 0. The molecule has 0 atom stereocenters. The van der Waals surface area contributed by atoms with Crippen molar-refractivity contribution in [2.24, 2.45) is 5.10 Å². The largest absolute Gasteiger partial charge is 0.493 e. The second kappa shape index (κ2) is 10.0. The van der Waals surface area contributed by atoms with Crippen LogP contribution in [0.5, 0.6) is 23.0 Å². The Hall–Kier alpha value is -3.22. The zero-order valence-electron chi connectivity index (χ0n) is 18.7. The summed E-state index contributed by atoms with van der Waals surface area (Å²) in [7, 11) is 4.62. The van der Waals surface area contributed by atoms with E-state index < -0.39 is 0 Å². The number of methoxy groups -OCH3 is 3. The minimum Gasteiger partial charge on any atom is -0.493 e. The molecule has 2 aromatic carbocycles. The van der Waals surface area contributed by atoms with E-state index in [2.05, 4.69) is 31.3 Å². The molecule has 1 amide bonds. The highest BCUT2D eigenvalue weighted by atomic mass is 16.5. The number of amides is 1. The summed E-state index contributed by atoms with van der Waals surface area (Å²) in [5.74, 6) is 1.78. The van der Waals surface area contributed by atoms with Crippen LogP contribution in [-0.4, -0.2) is 39.6 Å². The van der Waals surface area contributed by atoms with Gasteiger partial charge in [-0.15, -0.1) is 0 Å². The van der Waals surface area contributed by atoms with Gasteiger partial charge in [-0.25, -0.2) is 5.43 Å². The third-order valence-corrected chi connectivity index (χ3v) is 4.52. The molecule has 0 bridgehead atoms. The van der Waals surface area contributed by atoms with Gasteiger partial charge in [-0.05, 0) is 42.2 Å². The van der Waals surface area contributed by atoms with Crippen LogP contribution in [0.1, 0.15) is 38.8 Å². The number of nitrogens with zero attached hydrogens (tertiary/aromatic N) is 1. The standard InChI is InChI=1S/C23H30N2O5/c1-15(16-12-19(27-5)22(29-7)20(13-16)28-6)24-25-21(26)14-30-18-10-8-17(9-11-18)23(2,3)4/h8-13H,14H2,1-7H3,(H,25,26). The molecule has 0 aliphatic heterocycles. The average molecular weight is 415 g/mol. The molecule has 0 radical (unpaired) electrons. The molecule has 7 nitrogen and oxygen atoms in total. The fourth-order valence-corrected chi connectivity index (χ4v) is 2.73. The molecule has 0 saturated carbocycles. The molecule has 2 aromatic rings. The normalized spacial score (nSPS) is 11.6. The molecule has 0 aromatic heterocycles. The maximum absolute atomic E-state index is 12.1. The topological polar surface area (TPSA) is 78.4 Å². The second-order valence-corrected chi connectivity index (χ2v) is 7.71. The van der Waals surface area contributed by atoms with Crippen molar-refractivity contribution in [2.75, 3.05) is 27.9 Å². The number of hydrogen-bond donors (Lipinski definition) is 1. The molecular weight excluding hydrogens is 384 g/mol. The monoisotopic (exact) mass is 414 g/mol. The number of ether oxygens (including phenoxy) is 4. The van der Waals surface area contributed by atoms with E-state index in [0.717, 1.165) is 5.56 Å². The first-order chi connectivity index (χ1) is 14.2. The molecule has 0 saturated heterocycles. The average Bonchev–Trinajstić information content (AvgIpc) is 2.74. The van der Waals surface area contributed by atoms with E-state index in [9.17, 15) is 4.79 Å². The first-order valence-corrected chi connectivity index (χ1v) is 9.56. The van der Waals surface area contributed by atoms with Gasteiger partial charge in [-0.1, -0.05) is 32.9 Å². The number of hydrogen-bond acceptors (Lipinski definition) is 6. The molecule has 2 rings (SSSR count). The maximum Gasteiger partial charge on any atom is 0.277 e. The maximum atomic E-state index is 12.1. The lowest BCUT2D eigenvalue weighted by atomic mass is 9.87. The van der Waals surface area contributed by atoms with Crippen molar-refractivity contribution in [1.29, 1.82) is 0 Å². The number of carbonyl (C=O) groups excluding carboxylic acids is 1. The quantitative estimate of drug-likeness (QED) is 0.523. The van der Waals surface area contributed by atoms with Gasteiger partial charge in [0.2, 0.25) is 5.75 Å². The predicted octanol–water partition coefficient (Wildman–Crippen LogP) is 3.93. The summed E-state index contributed by atoms with van der Waals surface area (Å²) in [4.78, 5) is 12.1. The van der Waals surface area contributed by atoms with Crippen LogP contribution in [-0.2, 0) is 10.2 Å². The zero-order chi connectivity index (χ0) is 22.3. The molecule has 0 aliphatic carbocycles. The van der Waals surface area contributed by atoms with E-state index in [1.807, 2.05) is 24.3 Å². The summed E-state index contributed by atoms with van der Waals surface area (Å²) in [5.41, 5.74) is 5.07. The highest BCUT2D eigenvalue weighted by Crippen LogP contribution is 2.38. The molecule has 7 heteroatoms. The van der Waals surface area contributed by atoms with Gasteiger partial charge in [-0.3, -0.25) is 4.79 Å². The molecular formula is C23H30N2O5. The Balaban J connectivity index is 2.01. The highest BCUT2D eigenvalue weighted by Gasteiger charge is 2.15. The lowest BCUT2D eigenvalue weighted by Gasteiger charge is -2.19. The fraction of sp³-hybridized carbons (Fsp3) is 0.391. The van der Waals surface area contributed by atoms with E-state index >= 15 is 0 Å². The molecule has 0 unspecified atom stereocenters. The Morgan fingerprint density at radius 2 is 1.53 bits per heavy atom. The van der Waals surface area contributed by atoms with Crippen molar-refractivity contribution in [3.8, 4) is 23.0 Å². The molecule has 0 fully saturated rings. The lowest BCUT2D eigenvalue weighted by Crippen LogP contribution is -2.25. The first-order valence-electron chi connectivity index (χ1n) is 9.56. The Morgan fingerprint density at radius 3 is 2.00 bits per heavy atom. The Morgan fingerprint density at radius 1 is 0.967 bits per heavy atom. The molecule has 0 heterocycles. The van der Waals surface area contributed by atoms with Crippen molar-refractivity contribution in [1.82, 2.24) is 5.43 Å². The zero-order valence-corrected chi connectivity index (χ0v) is 18.7. The highest BCUT2D eigenvalue weighted by molar-refractivity contribution is 6.00. The Labute approximate surface area is 178 Å². The van der Waals surface area contributed by atoms with E-state index in [1.54, 1.807) is 33.3 Å². The second-order valence-electron chi connectivity index (χ2n) is 7.71. The third-order valence-electron chi connectivity index (χ3n) is 4.52. The van der Waals surface area contributed by atoms with Crippen LogP contribution in [0, 0.1) is 0 Å². The lowest BCUT2D eigenvalue weighted by molar-refractivity contribution is -0.123. The van der Waals surface area contributed by atoms with Crippen LogP contribution in [0.3, 0.4) is 0 Å². The van der Waals surface area contributed by atoms with Crippen molar-refractivity contribution < 1.29 is 23.7 Å². The van der Waals surface area contributed by atoms with Gasteiger partial charge in [0.15, 0.2) is 18.1 Å². The van der Waals surface area contributed by atoms with Crippen molar-refractivity contribution in [2.45, 2.75) is 33.1 Å². The molecule has 1 N–H and O–H groups in total. The summed E-state index contributed by atoms with van der Waals surface area (Å²) in [6.45, 7) is 8.06. The minimum absolute atomic E-state index is 0.0644. The van der Waals surface area contributed by atoms with E-state index in [1.165, 1.54) is 12.7 Å². The molecule has 0 spiro atoms. The third kappa shape index (κ3) is 5.89. The van der Waals surface area contributed by atoms with Gasteiger partial charge in [0, 0.05) is 5.56 Å². The number of benzene rings is 2. The summed E-state index contributed by atoms with van der Waals surface area (Å²) < 4.78 is 21.5. The number of carbonyl (C=O) groups is 1. The van der Waals surface area contributed by atoms with Crippen LogP contribution in [0.4, 0.5) is 0 Å². The van der Waals surface area contributed by atoms with Crippen LogP contribution in [0.2, 0.25) is 0 Å². The summed E-state index contributed by atoms with van der Waals surface area (Å²) in [6, 6.07) is 11.2. The van der Waals surface area contributed by atoms with Gasteiger partial charge < -0.3 is 18.9 Å². The van der Waals surface area contributed by atoms with Crippen LogP contribution >= 0.6 is 0 Å². The van der Waals surface area contributed by atoms with Gasteiger partial charge >= 0.3 is 0 Å². The Kier molecular flexibility index (Phi) is 7.69. The Bertz CT molecular complexity index is 874. The smallest absolute Gasteiger partial charge is 0.277 e. The minimum atomic E-state index is -0.360. The van der Waals surface area contributed by atoms with Crippen molar-refractivity contribution >= 4 is 11.6 Å². The first kappa shape index (κ1) is 23.1. The van der Waals surface area contributed by atoms with Crippen molar-refractivity contribution in [3.63, 3.8) is 0 Å². The van der Waals surface area contributed by atoms with Crippen molar-refractivity contribution in [3.05, 3.63) is 47.5 Å². The molecule has 30 heavy (non-hydrogen) atoms. The van der Waals surface area contributed by atoms with Gasteiger partial charge in [-0.2, -0.15) is 5.10 Å². The van der Waals surface area contributed by atoms with E-state index in [-0.39, 0.29) is 17.9 Å². The number of hydrazone groups is 1. The van der Waals surface area contributed by atoms with E-state index in [4.69, 9.17) is 18.9 Å². The summed E-state index contributed by atoms with van der Waals surface area (Å²) in [5, 5.41) is 4.14. The summed E-state index contributed by atoms with van der Waals surface area (Å²) >= 11 is 0. The molecule has 0 aliphatic rings. The molecule has 162 valence electrons. The van der Waals surface area contributed by atoms with E-state index in [0.29, 0.717) is 28.7 Å². The van der Waals surface area contributed by atoms with Gasteiger partial charge in [0.05, 0.1) is 27.0 Å². The predicted molar refractivity (Wildman–Crippen MR) is 117 cm³/mol. The van der Waals surface area contributed by atoms with Crippen LogP contribution in [0.25, 0.3) is 0 Å². The SMILES string of the molecule is COc1cc(C(C)=NNC(=O)COc2ccc(C(C)(C)C)cc2)cc(OC)c1OC. The van der Waals surface area contributed by atoms with Gasteiger partial charge in [0.25, 0.3) is 5.91 Å². The number of rotatable bonds is 8. The number of nitrogens with one attached hydrogen (secondary N) is 1. The van der Waals surface area contributed by atoms with Crippen LogP contribution in [0.15, 0.2) is 41.5 Å². The van der Waals surface area contributed by atoms with Crippen LogP contribution < -0.4 is 24.4 Å². The van der Waals surface area contributed by atoms with Gasteiger partial charge in [0.1, 0.15) is 5.75 Å².